The fourth-order valence-electron chi connectivity index (χ4n) is 5.05. The van der Waals surface area contributed by atoms with Crippen LogP contribution in [0.25, 0.3) is 11.3 Å². The maximum atomic E-state index is 12.4. The minimum atomic E-state index is -0.195. The summed E-state index contributed by atoms with van der Waals surface area (Å²) in [4.78, 5) is 22.6. The van der Waals surface area contributed by atoms with Gasteiger partial charge in [0.2, 0.25) is 5.91 Å². The van der Waals surface area contributed by atoms with Crippen LogP contribution in [0.1, 0.15) is 55.8 Å². The Balaban J connectivity index is 1.03. The van der Waals surface area contributed by atoms with Crippen LogP contribution < -0.4 is 0 Å². The van der Waals surface area contributed by atoms with E-state index in [0.29, 0.717) is 25.4 Å². The zero-order valence-electron chi connectivity index (χ0n) is 23.6. The third kappa shape index (κ3) is 6.84. The summed E-state index contributed by atoms with van der Waals surface area (Å²) < 4.78 is 21.0. The first kappa shape index (κ1) is 27.6. The molecule has 0 bridgehead atoms. The molecule has 1 unspecified atom stereocenters. The summed E-state index contributed by atoms with van der Waals surface area (Å²) >= 11 is 0. The van der Waals surface area contributed by atoms with Crippen LogP contribution in [0.3, 0.4) is 0 Å². The van der Waals surface area contributed by atoms with Crippen molar-refractivity contribution in [1.29, 1.82) is 0 Å². The van der Waals surface area contributed by atoms with Crippen molar-refractivity contribution >= 4 is 5.91 Å². The number of amides is 1. The number of nitrogens with zero attached hydrogens (tertiary/aromatic N) is 7. The average Bonchev–Trinajstić information content (AvgIpc) is 3.81. The molecule has 0 radical (unpaired) electrons. The molecule has 1 saturated heterocycles. The molecule has 2 atom stereocenters. The van der Waals surface area contributed by atoms with Crippen LogP contribution in [0.15, 0.2) is 71.6 Å². The first-order valence-corrected chi connectivity index (χ1v) is 14.3. The van der Waals surface area contributed by atoms with Crippen molar-refractivity contribution in [3.63, 3.8) is 0 Å². The van der Waals surface area contributed by atoms with Gasteiger partial charge in [0.1, 0.15) is 36.8 Å². The van der Waals surface area contributed by atoms with E-state index in [1.807, 2.05) is 59.0 Å². The summed E-state index contributed by atoms with van der Waals surface area (Å²) in [6.07, 6.45) is 12.2. The Bertz CT molecular complexity index is 1570. The number of benzene rings is 1. The highest BCUT2D eigenvalue weighted by Gasteiger charge is 2.22. The molecule has 5 heterocycles. The van der Waals surface area contributed by atoms with Crippen LogP contribution >= 0.6 is 0 Å². The van der Waals surface area contributed by atoms with Crippen LogP contribution in [0.4, 0.5) is 0 Å². The van der Waals surface area contributed by atoms with Crippen molar-refractivity contribution in [1.82, 2.24) is 34.4 Å². The van der Waals surface area contributed by atoms with Gasteiger partial charge in [-0.15, -0.1) is 0 Å². The van der Waals surface area contributed by atoms with Crippen LogP contribution in [0.2, 0.25) is 0 Å². The zero-order valence-corrected chi connectivity index (χ0v) is 23.6. The van der Waals surface area contributed by atoms with E-state index in [0.717, 1.165) is 60.5 Å². The van der Waals surface area contributed by atoms with Gasteiger partial charge in [0.15, 0.2) is 12.1 Å². The first-order valence-electron chi connectivity index (χ1n) is 14.3. The molecule has 1 fully saturated rings. The molecule has 2 aliphatic rings. The Hall–Kier alpha value is -4.53. The van der Waals surface area contributed by atoms with Gasteiger partial charge >= 0.3 is 0 Å². The van der Waals surface area contributed by atoms with Gasteiger partial charge in [-0.25, -0.2) is 14.6 Å². The molecule has 11 heteroatoms. The second kappa shape index (κ2) is 13.0. The maximum Gasteiger partial charge on any atom is 0.244 e. The van der Waals surface area contributed by atoms with Gasteiger partial charge in [-0.1, -0.05) is 23.1 Å². The van der Waals surface area contributed by atoms with Crippen molar-refractivity contribution < 1.29 is 18.8 Å². The Labute approximate surface area is 244 Å². The van der Waals surface area contributed by atoms with Crippen LogP contribution in [-0.4, -0.2) is 66.3 Å². The molecule has 11 nitrogen and oxygen atoms in total. The van der Waals surface area contributed by atoms with E-state index in [1.165, 1.54) is 11.0 Å². The van der Waals surface area contributed by atoms with Gasteiger partial charge in [0.05, 0.1) is 6.54 Å². The Kier molecular flexibility index (Phi) is 8.54. The quantitative estimate of drug-likeness (QED) is 0.294. The lowest BCUT2D eigenvalue weighted by atomic mass is 10.1. The monoisotopic (exact) mass is 567 g/mol. The molecule has 1 aromatic carbocycles. The standard InChI is InChI=1S/C31H33N7O4/c1-23(41-30-4-2-3-17-40-30)31-33-13-16-37(31)19-27-18-28(42-35-27)26-9-7-24(8-10-26)5-6-25-11-14-36(15-12-25)29(39)20-38-22-32-21-34-38/h7-11,13,16,18,21-23,30H,2-4,12,14-15,17,19-20H2,1H3/t23-,30?/m0/s1. The predicted octanol–water partition coefficient (Wildman–Crippen LogP) is 3.99. The van der Waals surface area contributed by atoms with Crippen molar-refractivity contribution in [2.24, 2.45) is 0 Å². The zero-order chi connectivity index (χ0) is 28.7. The molecule has 6 rings (SSSR count). The molecule has 0 saturated carbocycles. The summed E-state index contributed by atoms with van der Waals surface area (Å²) in [5.41, 5.74) is 3.67. The third-order valence-corrected chi connectivity index (χ3v) is 7.36. The van der Waals surface area contributed by atoms with E-state index >= 15 is 0 Å². The van der Waals surface area contributed by atoms with Gasteiger partial charge in [-0.3, -0.25) is 4.79 Å². The number of aromatic nitrogens is 6. The molecule has 0 spiro atoms. The molecule has 1 amide bonds. The topological polar surface area (TPSA) is 113 Å². The molecule has 216 valence electrons. The molecular weight excluding hydrogens is 534 g/mol. The van der Waals surface area contributed by atoms with Gasteiger partial charge in [0.25, 0.3) is 0 Å². The fraction of sp³-hybridized carbons (Fsp3) is 0.387. The SMILES string of the molecule is C[C@H](OC1CCCCO1)c1nccn1Cc1cc(-c2ccc(C#CC3=CCN(C(=O)Cn4cncn4)CC3)cc2)on1. The second-order valence-electron chi connectivity index (χ2n) is 10.4. The molecule has 0 aliphatic carbocycles. The van der Waals surface area contributed by atoms with E-state index in [4.69, 9.17) is 14.0 Å². The summed E-state index contributed by atoms with van der Waals surface area (Å²) in [6.45, 7) is 4.66. The molecule has 4 aromatic rings. The molecule has 2 aliphatic heterocycles. The van der Waals surface area contributed by atoms with Gasteiger partial charge in [0, 0.05) is 54.9 Å². The molecule has 0 N–H and O–H groups in total. The van der Waals surface area contributed by atoms with Crippen molar-refractivity contribution in [2.75, 3.05) is 19.7 Å². The highest BCUT2D eigenvalue weighted by molar-refractivity contribution is 5.76. The third-order valence-electron chi connectivity index (χ3n) is 7.36. The number of carbonyl (C=O) groups is 1. The summed E-state index contributed by atoms with van der Waals surface area (Å²) in [5.74, 6) is 8.03. The predicted molar refractivity (Wildman–Crippen MR) is 153 cm³/mol. The number of hydrogen-bond acceptors (Lipinski definition) is 8. The van der Waals surface area contributed by atoms with Crippen LogP contribution in [-0.2, 0) is 27.4 Å². The number of carbonyl (C=O) groups excluding carboxylic acids is 1. The fourth-order valence-corrected chi connectivity index (χ4v) is 5.05. The average molecular weight is 568 g/mol. The highest BCUT2D eigenvalue weighted by atomic mass is 16.7. The molecule has 42 heavy (non-hydrogen) atoms. The van der Waals surface area contributed by atoms with E-state index in [9.17, 15) is 4.79 Å². The van der Waals surface area contributed by atoms with E-state index < -0.39 is 0 Å². The largest absolute Gasteiger partial charge is 0.356 e. The lowest BCUT2D eigenvalue weighted by molar-refractivity contribution is -0.188. The van der Waals surface area contributed by atoms with E-state index in [-0.39, 0.29) is 24.8 Å². The van der Waals surface area contributed by atoms with E-state index in [2.05, 4.69) is 32.1 Å². The Morgan fingerprint density at radius 2 is 2.12 bits per heavy atom. The Morgan fingerprint density at radius 1 is 1.21 bits per heavy atom. The summed E-state index contributed by atoms with van der Waals surface area (Å²) in [5, 5.41) is 8.28. The van der Waals surface area contributed by atoms with Crippen molar-refractivity contribution in [3.8, 4) is 23.2 Å². The normalized spacial score (nSPS) is 17.8. The number of ether oxygens (including phenoxy) is 2. The Morgan fingerprint density at radius 3 is 2.88 bits per heavy atom. The van der Waals surface area contributed by atoms with Crippen LogP contribution in [0, 0.1) is 11.8 Å². The van der Waals surface area contributed by atoms with Crippen LogP contribution in [0.5, 0.6) is 0 Å². The van der Waals surface area contributed by atoms with Crippen molar-refractivity contribution in [2.45, 2.75) is 58.1 Å². The van der Waals surface area contributed by atoms with Gasteiger partial charge in [-0.05, 0) is 56.9 Å². The maximum absolute atomic E-state index is 12.4. The summed E-state index contributed by atoms with van der Waals surface area (Å²) in [7, 11) is 0. The highest BCUT2D eigenvalue weighted by Crippen LogP contribution is 2.25. The number of rotatable bonds is 8. The molecular formula is C31H33N7O4. The lowest BCUT2D eigenvalue weighted by Crippen LogP contribution is -2.37. The van der Waals surface area contributed by atoms with Gasteiger partial charge < -0.3 is 23.5 Å². The minimum Gasteiger partial charge on any atom is -0.356 e. The smallest absolute Gasteiger partial charge is 0.244 e. The minimum absolute atomic E-state index is 0.0220. The van der Waals surface area contributed by atoms with Crippen molar-refractivity contribution in [3.05, 3.63) is 84.1 Å². The number of hydrogen-bond donors (Lipinski definition) is 0. The van der Waals surface area contributed by atoms with Gasteiger partial charge in [-0.2, -0.15) is 5.10 Å². The first-order chi connectivity index (χ1) is 20.6. The second-order valence-corrected chi connectivity index (χ2v) is 10.4. The van der Waals surface area contributed by atoms with E-state index in [1.54, 1.807) is 12.5 Å². The lowest BCUT2D eigenvalue weighted by Gasteiger charge is -2.26. The number of imidazole rings is 1. The summed E-state index contributed by atoms with van der Waals surface area (Å²) in [6, 6.07) is 9.86. The molecule has 3 aromatic heterocycles.